The van der Waals surface area contributed by atoms with E-state index >= 15 is 0 Å². The molecular formula is C18H14N2OS. The largest absolute Gasteiger partial charge is 0.440 e. The lowest BCUT2D eigenvalue weighted by Crippen LogP contribution is -1.88. The van der Waals surface area contributed by atoms with Crippen LogP contribution in [0.25, 0.3) is 22.0 Å². The van der Waals surface area contributed by atoms with Gasteiger partial charge in [0.25, 0.3) is 0 Å². The summed E-state index contributed by atoms with van der Waals surface area (Å²) in [5, 5.41) is 2.20. The molecule has 0 aliphatic rings. The lowest BCUT2D eigenvalue weighted by atomic mass is 10.1. The van der Waals surface area contributed by atoms with E-state index in [1.54, 1.807) is 11.8 Å². The van der Waals surface area contributed by atoms with Gasteiger partial charge in [-0.1, -0.05) is 42.1 Å². The molecule has 2 heterocycles. The van der Waals surface area contributed by atoms with Gasteiger partial charge < -0.3 is 4.42 Å². The Morgan fingerprint density at radius 1 is 0.955 bits per heavy atom. The van der Waals surface area contributed by atoms with Crippen LogP contribution in [-0.2, 0) is 5.75 Å². The van der Waals surface area contributed by atoms with Crippen molar-refractivity contribution < 1.29 is 4.42 Å². The molecule has 0 saturated carbocycles. The molecule has 0 unspecified atom stereocenters. The first kappa shape index (κ1) is 13.3. The van der Waals surface area contributed by atoms with E-state index < -0.39 is 0 Å². The monoisotopic (exact) mass is 306 g/mol. The fourth-order valence-electron chi connectivity index (χ4n) is 2.51. The zero-order valence-electron chi connectivity index (χ0n) is 12.1. The van der Waals surface area contributed by atoms with Crippen LogP contribution >= 0.6 is 11.8 Å². The van der Waals surface area contributed by atoms with E-state index in [0.29, 0.717) is 5.75 Å². The van der Waals surface area contributed by atoms with Crippen LogP contribution in [0.3, 0.4) is 0 Å². The molecule has 108 valence electrons. The van der Waals surface area contributed by atoms with E-state index in [0.717, 1.165) is 27.5 Å². The van der Waals surface area contributed by atoms with Gasteiger partial charge in [0.15, 0.2) is 5.58 Å². The molecule has 2 aromatic heterocycles. The van der Waals surface area contributed by atoms with Crippen molar-refractivity contribution in [1.29, 1.82) is 0 Å². The number of thioether (sulfide) groups is 1. The summed E-state index contributed by atoms with van der Waals surface area (Å²) in [4.78, 5) is 9.20. The normalized spacial score (nSPS) is 11.3. The van der Waals surface area contributed by atoms with Crippen molar-refractivity contribution in [3.8, 4) is 0 Å². The van der Waals surface area contributed by atoms with Gasteiger partial charge in [-0.05, 0) is 36.8 Å². The van der Waals surface area contributed by atoms with E-state index in [4.69, 9.17) is 9.40 Å². The third-order valence-corrected chi connectivity index (χ3v) is 4.48. The molecule has 4 rings (SSSR count). The first-order chi connectivity index (χ1) is 10.8. The number of nitrogens with zero attached hydrogens (tertiary/aromatic N) is 2. The summed E-state index contributed by atoms with van der Waals surface area (Å²) in [7, 11) is 0. The van der Waals surface area contributed by atoms with Gasteiger partial charge in [-0.2, -0.15) is 0 Å². The molecule has 0 saturated heterocycles. The van der Waals surface area contributed by atoms with Crippen LogP contribution in [0.5, 0.6) is 0 Å². The minimum absolute atomic E-state index is 0.680. The smallest absolute Gasteiger partial charge is 0.205 e. The summed E-state index contributed by atoms with van der Waals surface area (Å²) < 4.78 is 5.75. The number of para-hydroxylation sites is 3. The van der Waals surface area contributed by atoms with E-state index in [2.05, 4.69) is 24.0 Å². The topological polar surface area (TPSA) is 38.9 Å². The quantitative estimate of drug-likeness (QED) is 0.501. The number of hydrogen-bond acceptors (Lipinski definition) is 4. The highest BCUT2D eigenvalue weighted by atomic mass is 32.2. The van der Waals surface area contributed by atoms with Crippen molar-refractivity contribution >= 4 is 33.8 Å². The minimum Gasteiger partial charge on any atom is -0.440 e. The Labute approximate surface area is 132 Å². The van der Waals surface area contributed by atoms with Crippen LogP contribution in [-0.4, -0.2) is 9.97 Å². The van der Waals surface area contributed by atoms with Crippen LogP contribution in [0.15, 0.2) is 64.0 Å². The van der Waals surface area contributed by atoms with Crippen molar-refractivity contribution in [3.63, 3.8) is 0 Å². The second-order valence-corrected chi connectivity index (χ2v) is 6.15. The molecular weight excluding hydrogens is 292 g/mol. The van der Waals surface area contributed by atoms with Crippen LogP contribution in [0.4, 0.5) is 0 Å². The average Bonchev–Trinajstić information content (AvgIpc) is 2.96. The Balaban J connectivity index is 1.60. The molecule has 0 N–H and O–H groups in total. The number of pyridine rings is 1. The highest BCUT2D eigenvalue weighted by Crippen LogP contribution is 2.27. The second-order valence-electron chi connectivity index (χ2n) is 5.16. The second kappa shape index (κ2) is 5.46. The van der Waals surface area contributed by atoms with Crippen LogP contribution in [0, 0.1) is 6.92 Å². The summed E-state index contributed by atoms with van der Waals surface area (Å²) >= 11 is 1.65. The molecule has 4 heteroatoms. The standard InChI is InChI=1S/C18H14N2OS/c1-12-10-18(20-14-7-3-2-6-13(12)14)22-11-17-19-15-8-4-5-9-16(15)21-17/h2-10H,11H2,1H3. The summed E-state index contributed by atoms with van der Waals surface area (Å²) in [5.41, 5.74) is 4.01. The molecule has 0 spiro atoms. The summed E-state index contributed by atoms with van der Waals surface area (Å²) in [6, 6.07) is 18.2. The highest BCUT2D eigenvalue weighted by molar-refractivity contribution is 7.98. The molecule has 0 amide bonds. The number of hydrogen-bond donors (Lipinski definition) is 0. The van der Waals surface area contributed by atoms with Crippen molar-refractivity contribution in [1.82, 2.24) is 9.97 Å². The summed E-state index contributed by atoms with van der Waals surface area (Å²) in [6.07, 6.45) is 0. The van der Waals surface area contributed by atoms with Crippen LogP contribution in [0.1, 0.15) is 11.5 Å². The van der Waals surface area contributed by atoms with Gasteiger partial charge in [-0.25, -0.2) is 9.97 Å². The van der Waals surface area contributed by atoms with E-state index in [1.165, 1.54) is 10.9 Å². The third-order valence-electron chi connectivity index (χ3n) is 3.58. The number of rotatable bonds is 3. The lowest BCUT2D eigenvalue weighted by Gasteiger charge is -2.05. The first-order valence-corrected chi connectivity index (χ1v) is 8.12. The van der Waals surface area contributed by atoms with E-state index in [9.17, 15) is 0 Å². The predicted molar refractivity (Wildman–Crippen MR) is 90.1 cm³/mol. The Morgan fingerprint density at radius 3 is 2.59 bits per heavy atom. The molecule has 0 atom stereocenters. The maximum atomic E-state index is 5.75. The first-order valence-electron chi connectivity index (χ1n) is 7.13. The number of aromatic nitrogens is 2. The van der Waals surface area contributed by atoms with Crippen LogP contribution in [0.2, 0.25) is 0 Å². The summed E-state index contributed by atoms with van der Waals surface area (Å²) in [5.74, 6) is 1.42. The lowest BCUT2D eigenvalue weighted by molar-refractivity contribution is 0.556. The van der Waals surface area contributed by atoms with Crippen molar-refractivity contribution in [2.45, 2.75) is 17.7 Å². The van der Waals surface area contributed by atoms with Crippen LogP contribution < -0.4 is 0 Å². The Hall–Kier alpha value is -2.33. The Bertz CT molecular complexity index is 929. The average molecular weight is 306 g/mol. The molecule has 0 radical (unpaired) electrons. The fraction of sp³-hybridized carbons (Fsp3) is 0.111. The molecule has 2 aromatic carbocycles. The SMILES string of the molecule is Cc1cc(SCc2nc3ccccc3o2)nc2ccccc12. The van der Waals surface area contributed by atoms with E-state index in [-0.39, 0.29) is 0 Å². The number of oxazole rings is 1. The third kappa shape index (κ3) is 2.46. The van der Waals surface area contributed by atoms with Gasteiger partial charge in [0.1, 0.15) is 5.52 Å². The van der Waals surface area contributed by atoms with Crippen molar-refractivity contribution in [3.05, 3.63) is 66.1 Å². The van der Waals surface area contributed by atoms with E-state index in [1.807, 2.05) is 42.5 Å². The Morgan fingerprint density at radius 2 is 1.73 bits per heavy atom. The van der Waals surface area contributed by atoms with Crippen molar-refractivity contribution in [2.24, 2.45) is 0 Å². The predicted octanol–water partition coefficient (Wildman–Crippen LogP) is 4.98. The number of benzene rings is 2. The fourth-order valence-corrected chi connectivity index (χ4v) is 3.33. The molecule has 0 bridgehead atoms. The highest BCUT2D eigenvalue weighted by Gasteiger charge is 2.08. The summed E-state index contributed by atoms with van der Waals surface area (Å²) in [6.45, 7) is 2.12. The molecule has 0 fully saturated rings. The zero-order valence-corrected chi connectivity index (χ0v) is 12.9. The van der Waals surface area contributed by atoms with Gasteiger partial charge >= 0.3 is 0 Å². The van der Waals surface area contributed by atoms with Gasteiger partial charge in [-0.15, -0.1) is 0 Å². The molecule has 0 aliphatic heterocycles. The van der Waals surface area contributed by atoms with Gasteiger partial charge in [0.2, 0.25) is 5.89 Å². The van der Waals surface area contributed by atoms with Gasteiger partial charge in [-0.3, -0.25) is 0 Å². The van der Waals surface area contributed by atoms with Gasteiger partial charge in [0, 0.05) is 5.39 Å². The number of fused-ring (bicyclic) bond motifs is 2. The zero-order chi connectivity index (χ0) is 14.9. The van der Waals surface area contributed by atoms with Gasteiger partial charge in [0.05, 0.1) is 16.3 Å². The Kier molecular flexibility index (Phi) is 3.31. The maximum Gasteiger partial charge on any atom is 0.205 e. The minimum atomic E-state index is 0.680. The number of aryl methyl sites for hydroxylation is 1. The van der Waals surface area contributed by atoms with Crippen molar-refractivity contribution in [2.75, 3.05) is 0 Å². The molecule has 4 aromatic rings. The molecule has 0 aliphatic carbocycles. The molecule has 3 nitrogen and oxygen atoms in total. The molecule has 22 heavy (non-hydrogen) atoms. The maximum absolute atomic E-state index is 5.75.